The average Bonchev–Trinajstić information content (AvgIpc) is 2.50. The number of ether oxygens (including phenoxy) is 1. The quantitative estimate of drug-likeness (QED) is 0.865. The van der Waals surface area contributed by atoms with Gasteiger partial charge in [0.2, 0.25) is 5.91 Å². The number of carbonyl (C=O) groups excluding carboxylic acids is 2. The molecule has 4 nitrogen and oxygen atoms in total. The predicted octanol–water partition coefficient (Wildman–Crippen LogP) is 2.36. The van der Waals surface area contributed by atoms with Crippen molar-refractivity contribution in [1.82, 2.24) is 0 Å². The van der Waals surface area contributed by atoms with Crippen molar-refractivity contribution in [3.63, 3.8) is 0 Å². The van der Waals surface area contributed by atoms with Gasteiger partial charge in [-0.2, -0.15) is 0 Å². The lowest BCUT2D eigenvalue weighted by Crippen LogP contribution is -2.18. The van der Waals surface area contributed by atoms with Crippen LogP contribution in [0, 0.1) is 5.92 Å². The van der Waals surface area contributed by atoms with Gasteiger partial charge in [-0.25, -0.2) is 0 Å². The standard InChI is InChI=1S/C14H16ClNO3/c1-19-12-5-4-10(15)9-3-2-8(7-13(16)18)6-11(17)14(9)12/h4-5,8H,2-3,6-7H2,1H3,(H2,16,18)/t8-/m0/s1. The van der Waals surface area contributed by atoms with Gasteiger partial charge in [-0.15, -0.1) is 0 Å². The van der Waals surface area contributed by atoms with Gasteiger partial charge in [0.1, 0.15) is 5.75 Å². The van der Waals surface area contributed by atoms with E-state index in [1.54, 1.807) is 12.1 Å². The molecule has 1 aromatic carbocycles. The van der Waals surface area contributed by atoms with E-state index in [1.807, 2.05) is 0 Å². The third-order valence-corrected chi connectivity index (χ3v) is 3.84. The van der Waals surface area contributed by atoms with E-state index in [4.69, 9.17) is 22.1 Å². The number of primary amides is 1. The lowest BCUT2D eigenvalue weighted by atomic mass is 9.95. The molecule has 1 atom stereocenters. The van der Waals surface area contributed by atoms with E-state index in [-0.39, 0.29) is 24.0 Å². The molecule has 0 saturated heterocycles. The van der Waals surface area contributed by atoms with Crippen molar-refractivity contribution in [3.05, 3.63) is 28.3 Å². The Morgan fingerprint density at radius 1 is 1.53 bits per heavy atom. The first-order valence-corrected chi connectivity index (χ1v) is 6.57. The van der Waals surface area contributed by atoms with E-state index in [0.717, 1.165) is 12.0 Å². The zero-order valence-electron chi connectivity index (χ0n) is 10.7. The van der Waals surface area contributed by atoms with Crippen LogP contribution in [0.25, 0.3) is 0 Å². The minimum Gasteiger partial charge on any atom is -0.496 e. The fraction of sp³-hybridized carbons (Fsp3) is 0.429. The van der Waals surface area contributed by atoms with Crippen molar-refractivity contribution in [1.29, 1.82) is 0 Å². The van der Waals surface area contributed by atoms with Gasteiger partial charge in [0.25, 0.3) is 0 Å². The van der Waals surface area contributed by atoms with Crippen LogP contribution >= 0.6 is 11.6 Å². The molecule has 1 aliphatic carbocycles. The molecule has 0 spiro atoms. The Morgan fingerprint density at radius 2 is 2.26 bits per heavy atom. The highest BCUT2D eigenvalue weighted by atomic mass is 35.5. The van der Waals surface area contributed by atoms with Gasteiger partial charge < -0.3 is 10.5 Å². The van der Waals surface area contributed by atoms with Crippen molar-refractivity contribution in [2.24, 2.45) is 11.7 Å². The van der Waals surface area contributed by atoms with Gasteiger partial charge in [-0.3, -0.25) is 9.59 Å². The van der Waals surface area contributed by atoms with Gasteiger partial charge >= 0.3 is 0 Å². The smallest absolute Gasteiger partial charge is 0.217 e. The van der Waals surface area contributed by atoms with E-state index < -0.39 is 0 Å². The highest BCUT2D eigenvalue weighted by molar-refractivity contribution is 6.32. The third kappa shape index (κ3) is 2.89. The van der Waals surface area contributed by atoms with Crippen LogP contribution in [0.2, 0.25) is 5.02 Å². The zero-order valence-corrected chi connectivity index (χ0v) is 11.5. The number of nitrogens with two attached hydrogens (primary N) is 1. The molecule has 1 amide bonds. The fourth-order valence-corrected chi connectivity index (χ4v) is 2.85. The molecule has 0 aromatic heterocycles. The lowest BCUT2D eigenvalue weighted by Gasteiger charge is -2.11. The van der Waals surface area contributed by atoms with Crippen LogP contribution in [0.1, 0.15) is 35.2 Å². The summed E-state index contributed by atoms with van der Waals surface area (Å²) >= 11 is 6.16. The molecule has 1 aliphatic rings. The SMILES string of the molecule is COc1ccc(Cl)c2c1C(=O)C[C@@H](CC(N)=O)CC2. The highest BCUT2D eigenvalue weighted by Gasteiger charge is 2.27. The first-order chi connectivity index (χ1) is 9.02. The maximum Gasteiger partial charge on any atom is 0.217 e. The van der Waals surface area contributed by atoms with Crippen molar-refractivity contribution in [2.45, 2.75) is 25.7 Å². The van der Waals surface area contributed by atoms with Crippen LogP contribution < -0.4 is 10.5 Å². The number of hydrogen-bond donors (Lipinski definition) is 1. The van der Waals surface area contributed by atoms with Gasteiger partial charge in [0.15, 0.2) is 5.78 Å². The Morgan fingerprint density at radius 3 is 2.89 bits per heavy atom. The molecule has 0 fully saturated rings. The molecule has 0 heterocycles. The van der Waals surface area contributed by atoms with Gasteiger partial charge in [-0.1, -0.05) is 11.6 Å². The number of ketones is 1. The van der Waals surface area contributed by atoms with Gasteiger partial charge in [0, 0.05) is 17.9 Å². The molecule has 2 N–H and O–H groups in total. The second-order valence-electron chi connectivity index (χ2n) is 4.81. The normalized spacial score (nSPS) is 18.6. The number of fused-ring (bicyclic) bond motifs is 1. The predicted molar refractivity (Wildman–Crippen MR) is 72.6 cm³/mol. The summed E-state index contributed by atoms with van der Waals surface area (Å²) in [7, 11) is 1.53. The monoisotopic (exact) mass is 281 g/mol. The number of halogens is 1. The van der Waals surface area contributed by atoms with Crippen molar-refractivity contribution < 1.29 is 14.3 Å². The minimum atomic E-state index is -0.373. The molecule has 1 aromatic rings. The maximum atomic E-state index is 12.3. The Balaban J connectivity index is 2.37. The number of Topliss-reactive ketones (excluding diaryl/α,β-unsaturated/α-hetero) is 1. The Kier molecular flexibility index (Phi) is 4.10. The summed E-state index contributed by atoms with van der Waals surface area (Å²) in [5, 5.41) is 0.573. The number of methoxy groups -OCH3 is 1. The largest absolute Gasteiger partial charge is 0.496 e. The van der Waals surface area contributed by atoms with Crippen LogP contribution in [0.3, 0.4) is 0 Å². The Labute approximate surface area is 116 Å². The summed E-state index contributed by atoms with van der Waals surface area (Å²) in [5.74, 6) is 0.127. The van der Waals surface area contributed by atoms with Crippen molar-refractivity contribution in [2.75, 3.05) is 7.11 Å². The molecule has 5 heteroatoms. The van der Waals surface area contributed by atoms with Crippen LogP contribution in [0.15, 0.2) is 12.1 Å². The fourth-order valence-electron chi connectivity index (χ4n) is 2.59. The highest BCUT2D eigenvalue weighted by Crippen LogP contribution is 2.35. The summed E-state index contributed by atoms with van der Waals surface area (Å²) in [4.78, 5) is 23.3. The summed E-state index contributed by atoms with van der Waals surface area (Å²) in [6, 6.07) is 3.44. The second-order valence-corrected chi connectivity index (χ2v) is 5.21. The van der Waals surface area contributed by atoms with Crippen LogP contribution in [-0.2, 0) is 11.2 Å². The summed E-state index contributed by atoms with van der Waals surface area (Å²) in [5.41, 5.74) is 6.58. The molecule has 0 aliphatic heterocycles. The first kappa shape index (κ1) is 13.9. The first-order valence-electron chi connectivity index (χ1n) is 6.19. The average molecular weight is 282 g/mol. The van der Waals surface area contributed by atoms with E-state index in [9.17, 15) is 9.59 Å². The summed E-state index contributed by atoms with van der Waals surface area (Å²) < 4.78 is 5.24. The third-order valence-electron chi connectivity index (χ3n) is 3.48. The maximum absolute atomic E-state index is 12.3. The molecule has 2 rings (SSSR count). The molecule has 102 valence electrons. The van der Waals surface area contributed by atoms with Crippen LogP contribution in [0.4, 0.5) is 0 Å². The van der Waals surface area contributed by atoms with E-state index in [1.165, 1.54) is 7.11 Å². The lowest BCUT2D eigenvalue weighted by molar-refractivity contribution is -0.118. The molecule has 0 saturated carbocycles. The van der Waals surface area contributed by atoms with E-state index >= 15 is 0 Å². The van der Waals surface area contributed by atoms with Crippen LogP contribution in [-0.4, -0.2) is 18.8 Å². The van der Waals surface area contributed by atoms with Crippen molar-refractivity contribution in [3.8, 4) is 5.75 Å². The Bertz CT molecular complexity index is 528. The Hall–Kier alpha value is -1.55. The molecular weight excluding hydrogens is 266 g/mol. The van der Waals surface area contributed by atoms with E-state index in [0.29, 0.717) is 29.2 Å². The van der Waals surface area contributed by atoms with Gasteiger partial charge in [0.05, 0.1) is 12.7 Å². The molecule has 0 radical (unpaired) electrons. The van der Waals surface area contributed by atoms with Crippen molar-refractivity contribution >= 4 is 23.3 Å². The topological polar surface area (TPSA) is 69.4 Å². The summed E-state index contributed by atoms with van der Waals surface area (Å²) in [6.07, 6.45) is 1.94. The molecule has 0 bridgehead atoms. The molecular formula is C14H16ClNO3. The molecule has 0 unspecified atom stereocenters. The molecule has 19 heavy (non-hydrogen) atoms. The number of carbonyl (C=O) groups is 2. The second kappa shape index (κ2) is 5.61. The number of rotatable bonds is 3. The number of benzene rings is 1. The number of hydrogen-bond acceptors (Lipinski definition) is 3. The van der Waals surface area contributed by atoms with Crippen LogP contribution in [0.5, 0.6) is 5.75 Å². The van der Waals surface area contributed by atoms with E-state index in [2.05, 4.69) is 0 Å². The van der Waals surface area contributed by atoms with Gasteiger partial charge in [-0.05, 0) is 36.5 Å². The summed E-state index contributed by atoms with van der Waals surface area (Å²) in [6.45, 7) is 0. The number of amides is 1. The minimum absolute atomic E-state index is 0.0156. The zero-order chi connectivity index (χ0) is 14.0.